The number of aromatic nitrogens is 3. The number of ether oxygens (including phenoxy) is 2. The largest absolute Gasteiger partial charge is 0.490 e. The molecule has 0 unspecified atom stereocenters. The van der Waals surface area contributed by atoms with Crippen LogP contribution in [0.25, 0.3) is 0 Å². The lowest BCUT2D eigenvalue weighted by Gasteiger charge is -2.14. The van der Waals surface area contributed by atoms with E-state index in [0.717, 1.165) is 93.8 Å². The molecule has 0 fully saturated rings. The number of rotatable bonds is 35. The van der Waals surface area contributed by atoms with E-state index in [4.69, 9.17) is 14.6 Å². The molecule has 0 saturated carbocycles. The Bertz CT molecular complexity index is 1060. The first-order valence-electron chi connectivity index (χ1n) is 20.6. The van der Waals surface area contributed by atoms with E-state index in [-0.39, 0.29) is 6.42 Å². The van der Waals surface area contributed by atoms with E-state index in [9.17, 15) is 4.79 Å². The molecule has 0 atom stereocenters. The zero-order chi connectivity index (χ0) is 35.0. The van der Waals surface area contributed by atoms with Crippen LogP contribution >= 0.6 is 0 Å². The number of hydrogen-bond donors (Lipinski definition) is 1. The Balaban J connectivity index is 1.76. The van der Waals surface area contributed by atoms with Crippen molar-refractivity contribution >= 4 is 5.97 Å². The summed E-state index contributed by atoms with van der Waals surface area (Å²) in [6.07, 6.45) is 35.9. The number of hydrogen-bond acceptors (Lipinski definition) is 5. The number of carboxylic acids is 1. The van der Waals surface area contributed by atoms with Gasteiger partial charge in [0.2, 0.25) is 0 Å². The molecule has 0 bridgehead atoms. The molecule has 2 rings (SSSR count). The minimum absolute atomic E-state index is 0.283. The highest BCUT2D eigenvalue weighted by atomic mass is 16.5. The molecule has 0 radical (unpaired) electrons. The SMILES string of the molecule is CCCCCCCCCCCCOc1ccc(Cn2cc(CCCCCCCCC(=O)O)nn2)cc1OCCCCCCCCCCCC. The van der Waals surface area contributed by atoms with Gasteiger partial charge in [-0.2, -0.15) is 0 Å². The van der Waals surface area contributed by atoms with E-state index in [1.807, 2.05) is 4.68 Å². The molecule has 2 aromatic rings. The third kappa shape index (κ3) is 23.5. The third-order valence-corrected chi connectivity index (χ3v) is 9.52. The highest BCUT2D eigenvalue weighted by Crippen LogP contribution is 2.30. The van der Waals surface area contributed by atoms with Crippen LogP contribution in [0.1, 0.15) is 198 Å². The van der Waals surface area contributed by atoms with Crippen molar-refractivity contribution in [3.63, 3.8) is 0 Å². The molecule has 1 aromatic heterocycles. The van der Waals surface area contributed by atoms with Crippen LogP contribution in [0.5, 0.6) is 11.5 Å². The van der Waals surface area contributed by atoms with Crippen LogP contribution in [0.2, 0.25) is 0 Å². The molecule has 280 valence electrons. The number of aliphatic carboxylic acids is 1. The first-order valence-corrected chi connectivity index (χ1v) is 20.6. The zero-order valence-electron chi connectivity index (χ0n) is 31.7. The molecule has 0 aliphatic carbocycles. The zero-order valence-corrected chi connectivity index (χ0v) is 31.7. The normalized spacial score (nSPS) is 11.3. The average molecular weight is 684 g/mol. The topological polar surface area (TPSA) is 86.5 Å². The molecule has 1 heterocycles. The molecule has 7 heteroatoms. The van der Waals surface area contributed by atoms with Gasteiger partial charge < -0.3 is 14.6 Å². The monoisotopic (exact) mass is 684 g/mol. The number of carboxylic acid groups (broad SMARTS) is 1. The van der Waals surface area contributed by atoms with E-state index in [1.54, 1.807) is 0 Å². The van der Waals surface area contributed by atoms with Gasteiger partial charge in [-0.1, -0.05) is 166 Å². The lowest BCUT2D eigenvalue weighted by atomic mass is 10.1. The van der Waals surface area contributed by atoms with Crippen molar-refractivity contribution in [1.82, 2.24) is 15.0 Å². The summed E-state index contributed by atoms with van der Waals surface area (Å²) in [4.78, 5) is 10.6. The average Bonchev–Trinajstić information content (AvgIpc) is 3.54. The van der Waals surface area contributed by atoms with Gasteiger partial charge >= 0.3 is 5.97 Å². The fourth-order valence-electron chi connectivity index (χ4n) is 6.43. The van der Waals surface area contributed by atoms with Gasteiger partial charge in [0.05, 0.1) is 25.5 Å². The maximum absolute atomic E-state index is 10.6. The minimum atomic E-state index is -0.694. The summed E-state index contributed by atoms with van der Waals surface area (Å²) in [5.74, 6) is 1.01. The van der Waals surface area contributed by atoms with Gasteiger partial charge in [0.25, 0.3) is 0 Å². The molecule has 0 aliphatic rings. The second kappa shape index (κ2) is 30.3. The number of benzene rings is 1. The molecule has 1 aromatic carbocycles. The van der Waals surface area contributed by atoms with E-state index >= 15 is 0 Å². The lowest BCUT2D eigenvalue weighted by molar-refractivity contribution is -0.137. The van der Waals surface area contributed by atoms with Crippen LogP contribution in [-0.2, 0) is 17.8 Å². The summed E-state index contributed by atoms with van der Waals surface area (Å²) in [6, 6.07) is 6.34. The van der Waals surface area contributed by atoms with E-state index in [0.29, 0.717) is 6.54 Å². The molecule has 7 nitrogen and oxygen atoms in total. The fraction of sp³-hybridized carbons (Fsp3) is 0.786. The van der Waals surface area contributed by atoms with Crippen LogP contribution in [0.15, 0.2) is 24.4 Å². The lowest BCUT2D eigenvalue weighted by Crippen LogP contribution is -2.05. The van der Waals surface area contributed by atoms with Crippen molar-refractivity contribution in [2.75, 3.05) is 13.2 Å². The summed E-state index contributed by atoms with van der Waals surface area (Å²) in [7, 11) is 0. The Kier molecular flexibility index (Phi) is 26.3. The van der Waals surface area contributed by atoms with Gasteiger partial charge in [-0.15, -0.1) is 5.10 Å². The molecular weight excluding hydrogens is 610 g/mol. The third-order valence-electron chi connectivity index (χ3n) is 9.52. The Morgan fingerprint density at radius 1 is 0.612 bits per heavy atom. The van der Waals surface area contributed by atoms with Gasteiger partial charge in [-0.25, -0.2) is 4.68 Å². The van der Waals surface area contributed by atoms with Gasteiger partial charge in [-0.3, -0.25) is 4.79 Å². The first-order chi connectivity index (χ1) is 24.1. The van der Waals surface area contributed by atoms with E-state index in [2.05, 4.69) is 48.6 Å². The quantitative estimate of drug-likeness (QED) is 0.0728. The number of aryl methyl sites for hydroxylation is 1. The van der Waals surface area contributed by atoms with E-state index < -0.39 is 5.97 Å². The summed E-state index contributed by atoms with van der Waals surface area (Å²) in [5, 5.41) is 17.6. The molecule has 1 N–H and O–H groups in total. The fourth-order valence-corrected chi connectivity index (χ4v) is 6.43. The molecule has 0 spiro atoms. The van der Waals surface area contributed by atoms with Gasteiger partial charge in [0.15, 0.2) is 11.5 Å². The van der Waals surface area contributed by atoms with Gasteiger partial charge in [0, 0.05) is 12.6 Å². The van der Waals surface area contributed by atoms with Crippen molar-refractivity contribution in [2.24, 2.45) is 0 Å². The Labute approximate surface area is 300 Å². The number of carbonyl (C=O) groups is 1. The highest BCUT2D eigenvalue weighted by Gasteiger charge is 2.10. The molecule has 0 saturated heterocycles. The van der Waals surface area contributed by atoms with E-state index in [1.165, 1.54) is 116 Å². The number of unbranched alkanes of at least 4 members (excludes halogenated alkanes) is 23. The summed E-state index contributed by atoms with van der Waals surface area (Å²) < 4.78 is 14.6. The van der Waals surface area contributed by atoms with Crippen LogP contribution < -0.4 is 9.47 Å². The standard InChI is InChI=1S/C42H73N3O4/c1-3-5-7-9-11-13-15-19-23-27-33-48-40-32-31-38(35-41(40)49-34-28-24-20-16-14-12-10-8-6-4-2)36-45-37-39(43-44-45)29-25-21-17-18-22-26-30-42(46)47/h31-32,35,37H,3-30,33-34,36H2,1-2H3,(H,46,47). The summed E-state index contributed by atoms with van der Waals surface area (Å²) >= 11 is 0. The van der Waals surface area contributed by atoms with Crippen molar-refractivity contribution in [2.45, 2.75) is 200 Å². The highest BCUT2D eigenvalue weighted by molar-refractivity contribution is 5.66. The predicted molar refractivity (Wildman–Crippen MR) is 204 cm³/mol. The van der Waals surface area contributed by atoms with Crippen LogP contribution in [0, 0.1) is 0 Å². The molecule has 49 heavy (non-hydrogen) atoms. The van der Waals surface area contributed by atoms with Crippen LogP contribution in [0.3, 0.4) is 0 Å². The predicted octanol–water partition coefficient (Wildman–Crippen LogP) is 12.3. The van der Waals surface area contributed by atoms with Crippen molar-refractivity contribution in [1.29, 1.82) is 0 Å². The van der Waals surface area contributed by atoms with Gasteiger partial charge in [0.1, 0.15) is 0 Å². The second-order valence-corrected chi connectivity index (χ2v) is 14.3. The smallest absolute Gasteiger partial charge is 0.303 e. The molecule has 0 aliphatic heterocycles. The second-order valence-electron chi connectivity index (χ2n) is 14.3. The van der Waals surface area contributed by atoms with Crippen molar-refractivity contribution < 1.29 is 19.4 Å². The summed E-state index contributed by atoms with van der Waals surface area (Å²) in [6.45, 7) is 6.67. The molecule has 0 amide bonds. The minimum Gasteiger partial charge on any atom is -0.490 e. The number of nitrogens with zero attached hydrogens (tertiary/aromatic N) is 3. The Hall–Kier alpha value is -2.57. The Morgan fingerprint density at radius 3 is 1.61 bits per heavy atom. The first kappa shape index (κ1) is 42.6. The maximum atomic E-state index is 10.6. The van der Waals surface area contributed by atoms with Crippen LogP contribution in [-0.4, -0.2) is 39.3 Å². The van der Waals surface area contributed by atoms with Gasteiger partial charge in [-0.05, 0) is 49.8 Å². The van der Waals surface area contributed by atoms with Crippen molar-refractivity contribution in [3.05, 3.63) is 35.7 Å². The molecular formula is C42H73N3O4. The maximum Gasteiger partial charge on any atom is 0.303 e. The van der Waals surface area contributed by atoms with Crippen LogP contribution in [0.4, 0.5) is 0 Å². The van der Waals surface area contributed by atoms with Crippen molar-refractivity contribution in [3.8, 4) is 11.5 Å². The Morgan fingerprint density at radius 2 is 1.08 bits per heavy atom. The summed E-state index contributed by atoms with van der Waals surface area (Å²) in [5.41, 5.74) is 2.17.